The Kier molecular flexibility index (Phi) is 5.36. The van der Waals surface area contributed by atoms with Gasteiger partial charge in [0.2, 0.25) is 5.95 Å². The van der Waals surface area contributed by atoms with Crippen molar-refractivity contribution in [3.05, 3.63) is 42.1 Å². The SMILES string of the molecule is CCOC(=O)c1ccccc1Nc1ccnc(NC2CCS(=O)(=O)C2)n1. The molecule has 1 aromatic carbocycles. The summed E-state index contributed by atoms with van der Waals surface area (Å²) in [7, 11) is -2.98. The van der Waals surface area contributed by atoms with Gasteiger partial charge in [-0.2, -0.15) is 4.98 Å². The summed E-state index contributed by atoms with van der Waals surface area (Å²) in [6.45, 7) is 2.04. The van der Waals surface area contributed by atoms with E-state index < -0.39 is 15.8 Å². The minimum absolute atomic E-state index is 0.0830. The molecule has 138 valence electrons. The topological polar surface area (TPSA) is 110 Å². The van der Waals surface area contributed by atoms with Crippen LogP contribution in [0.15, 0.2) is 36.5 Å². The van der Waals surface area contributed by atoms with Gasteiger partial charge in [0.15, 0.2) is 9.84 Å². The van der Waals surface area contributed by atoms with Crippen molar-refractivity contribution in [2.75, 3.05) is 28.7 Å². The maximum absolute atomic E-state index is 12.0. The molecule has 0 amide bonds. The Morgan fingerprint density at radius 3 is 2.85 bits per heavy atom. The Hall–Kier alpha value is -2.68. The van der Waals surface area contributed by atoms with E-state index in [9.17, 15) is 13.2 Å². The summed E-state index contributed by atoms with van der Waals surface area (Å²) in [5.41, 5.74) is 0.975. The number of rotatable bonds is 6. The molecule has 26 heavy (non-hydrogen) atoms. The third-order valence-corrected chi connectivity index (χ3v) is 5.67. The highest BCUT2D eigenvalue weighted by Crippen LogP contribution is 2.22. The molecule has 2 N–H and O–H groups in total. The number of aromatic nitrogens is 2. The number of benzene rings is 1. The Morgan fingerprint density at radius 1 is 1.31 bits per heavy atom. The van der Waals surface area contributed by atoms with Gasteiger partial charge in [0.25, 0.3) is 0 Å². The Labute approximate surface area is 151 Å². The van der Waals surface area contributed by atoms with Crippen LogP contribution in [-0.4, -0.2) is 48.5 Å². The highest BCUT2D eigenvalue weighted by molar-refractivity contribution is 7.91. The lowest BCUT2D eigenvalue weighted by Gasteiger charge is -2.13. The number of carbonyl (C=O) groups is 1. The van der Waals surface area contributed by atoms with E-state index in [0.29, 0.717) is 36.0 Å². The molecular weight excluding hydrogens is 356 g/mol. The second kappa shape index (κ2) is 7.69. The van der Waals surface area contributed by atoms with Crippen molar-refractivity contribution in [1.82, 2.24) is 9.97 Å². The zero-order valence-corrected chi connectivity index (χ0v) is 15.1. The van der Waals surface area contributed by atoms with Crippen molar-refractivity contribution in [3.63, 3.8) is 0 Å². The molecule has 1 aliphatic heterocycles. The maximum Gasteiger partial charge on any atom is 0.340 e. The molecule has 0 spiro atoms. The van der Waals surface area contributed by atoms with Crippen LogP contribution in [0.25, 0.3) is 0 Å². The fourth-order valence-corrected chi connectivity index (χ4v) is 4.38. The number of sulfone groups is 1. The van der Waals surface area contributed by atoms with Crippen LogP contribution in [0.1, 0.15) is 23.7 Å². The second-order valence-electron chi connectivity index (χ2n) is 5.90. The molecule has 1 atom stereocenters. The number of nitrogens with zero attached hydrogens (tertiary/aromatic N) is 2. The van der Waals surface area contributed by atoms with Gasteiger partial charge in [-0.3, -0.25) is 0 Å². The van der Waals surface area contributed by atoms with Crippen LogP contribution < -0.4 is 10.6 Å². The maximum atomic E-state index is 12.0. The molecule has 1 aliphatic rings. The van der Waals surface area contributed by atoms with Crippen molar-refractivity contribution in [2.24, 2.45) is 0 Å². The van der Waals surface area contributed by atoms with Crippen LogP contribution in [0.4, 0.5) is 17.5 Å². The first kappa shape index (κ1) is 18.1. The number of anilines is 3. The predicted octanol–water partition coefficient (Wildman–Crippen LogP) is 2.00. The lowest BCUT2D eigenvalue weighted by Crippen LogP contribution is -2.22. The number of hydrogen-bond acceptors (Lipinski definition) is 8. The summed E-state index contributed by atoms with van der Waals surface area (Å²) >= 11 is 0. The molecule has 1 saturated heterocycles. The van der Waals surface area contributed by atoms with Gasteiger partial charge in [-0.1, -0.05) is 12.1 Å². The molecular formula is C17H20N4O4S. The van der Waals surface area contributed by atoms with Crippen molar-refractivity contribution in [2.45, 2.75) is 19.4 Å². The number of carbonyl (C=O) groups excluding carboxylic acids is 1. The zero-order chi connectivity index (χ0) is 18.6. The summed E-state index contributed by atoms with van der Waals surface area (Å²) in [4.78, 5) is 20.5. The number of nitrogens with one attached hydrogen (secondary N) is 2. The van der Waals surface area contributed by atoms with Gasteiger partial charge in [-0.15, -0.1) is 0 Å². The number of ether oxygens (including phenoxy) is 1. The van der Waals surface area contributed by atoms with Crippen LogP contribution in [0, 0.1) is 0 Å². The van der Waals surface area contributed by atoms with E-state index in [0.717, 1.165) is 0 Å². The van der Waals surface area contributed by atoms with Crippen LogP contribution in [-0.2, 0) is 14.6 Å². The average molecular weight is 376 g/mol. The Bertz CT molecular complexity index is 901. The van der Waals surface area contributed by atoms with E-state index in [2.05, 4.69) is 20.6 Å². The molecule has 9 heteroatoms. The predicted molar refractivity (Wildman–Crippen MR) is 98.4 cm³/mol. The van der Waals surface area contributed by atoms with Gasteiger partial charge in [0.05, 0.1) is 29.4 Å². The zero-order valence-electron chi connectivity index (χ0n) is 14.3. The monoisotopic (exact) mass is 376 g/mol. The Morgan fingerprint density at radius 2 is 2.12 bits per heavy atom. The standard InChI is InChI=1S/C17H20N4O4S/c1-2-25-16(22)13-5-3-4-6-14(13)20-15-7-9-18-17(21-15)19-12-8-10-26(23,24)11-12/h3-7,9,12H,2,8,10-11H2,1H3,(H2,18,19,20,21). The minimum Gasteiger partial charge on any atom is -0.462 e. The summed E-state index contributed by atoms with van der Waals surface area (Å²) < 4.78 is 28.2. The lowest BCUT2D eigenvalue weighted by atomic mass is 10.2. The van der Waals surface area contributed by atoms with Crippen molar-refractivity contribution in [1.29, 1.82) is 0 Å². The van der Waals surface area contributed by atoms with Crippen molar-refractivity contribution < 1.29 is 17.9 Å². The third kappa shape index (κ3) is 4.48. The Balaban J connectivity index is 1.74. The molecule has 1 unspecified atom stereocenters. The van der Waals surface area contributed by atoms with Gasteiger partial charge >= 0.3 is 5.97 Å². The third-order valence-electron chi connectivity index (χ3n) is 3.91. The van der Waals surface area contributed by atoms with Crippen LogP contribution in [0.2, 0.25) is 0 Å². The molecule has 1 aromatic heterocycles. The van der Waals surface area contributed by atoms with Crippen LogP contribution >= 0.6 is 0 Å². The fraction of sp³-hybridized carbons (Fsp3) is 0.353. The number of esters is 1. The highest BCUT2D eigenvalue weighted by atomic mass is 32.2. The van der Waals surface area contributed by atoms with Crippen molar-refractivity contribution in [3.8, 4) is 0 Å². The van der Waals surface area contributed by atoms with Crippen LogP contribution in [0.3, 0.4) is 0 Å². The first-order valence-corrected chi connectivity index (χ1v) is 10.1. The van der Waals surface area contributed by atoms with E-state index in [1.54, 1.807) is 43.5 Å². The molecule has 0 radical (unpaired) electrons. The second-order valence-corrected chi connectivity index (χ2v) is 8.13. The first-order chi connectivity index (χ1) is 12.5. The molecule has 1 fully saturated rings. The van der Waals surface area contributed by atoms with Crippen LogP contribution in [0.5, 0.6) is 0 Å². The first-order valence-electron chi connectivity index (χ1n) is 8.30. The van der Waals surface area contributed by atoms with Gasteiger partial charge in [-0.05, 0) is 31.5 Å². The van der Waals surface area contributed by atoms with E-state index in [4.69, 9.17) is 4.74 Å². The van der Waals surface area contributed by atoms with Crippen molar-refractivity contribution >= 4 is 33.3 Å². The van der Waals surface area contributed by atoms with Gasteiger partial charge < -0.3 is 15.4 Å². The van der Waals surface area contributed by atoms with E-state index in [-0.39, 0.29) is 17.5 Å². The van der Waals surface area contributed by atoms with Gasteiger partial charge in [-0.25, -0.2) is 18.2 Å². The molecule has 3 rings (SSSR count). The molecule has 0 saturated carbocycles. The largest absolute Gasteiger partial charge is 0.462 e. The normalized spacial score (nSPS) is 18.3. The summed E-state index contributed by atoms with van der Waals surface area (Å²) in [6, 6.07) is 8.45. The smallest absolute Gasteiger partial charge is 0.340 e. The molecule has 2 heterocycles. The minimum atomic E-state index is -2.98. The molecule has 2 aromatic rings. The van der Waals surface area contributed by atoms with Gasteiger partial charge in [0.1, 0.15) is 5.82 Å². The number of hydrogen-bond donors (Lipinski definition) is 2. The lowest BCUT2D eigenvalue weighted by molar-refractivity contribution is 0.0527. The summed E-state index contributed by atoms with van der Waals surface area (Å²) in [5, 5.41) is 6.13. The van der Waals surface area contributed by atoms with Gasteiger partial charge in [0, 0.05) is 12.2 Å². The molecule has 0 bridgehead atoms. The highest BCUT2D eigenvalue weighted by Gasteiger charge is 2.28. The van der Waals surface area contributed by atoms with E-state index in [1.807, 2.05) is 0 Å². The quantitative estimate of drug-likeness (QED) is 0.737. The van der Waals surface area contributed by atoms with E-state index in [1.165, 1.54) is 0 Å². The molecule has 0 aliphatic carbocycles. The summed E-state index contributed by atoms with van der Waals surface area (Å²) in [6.07, 6.45) is 2.10. The fourth-order valence-electron chi connectivity index (χ4n) is 2.71. The summed E-state index contributed by atoms with van der Waals surface area (Å²) in [5.74, 6) is 0.667. The number of para-hydroxylation sites is 1. The average Bonchev–Trinajstić information content (AvgIpc) is 2.94. The van der Waals surface area contributed by atoms with E-state index >= 15 is 0 Å². The molecule has 8 nitrogen and oxygen atoms in total.